The molecule has 0 amide bonds. The van der Waals surface area contributed by atoms with Gasteiger partial charge >= 0.3 is 0 Å². The van der Waals surface area contributed by atoms with E-state index in [0.29, 0.717) is 12.5 Å². The van der Waals surface area contributed by atoms with Crippen LogP contribution in [0, 0.1) is 5.92 Å². The maximum absolute atomic E-state index is 10.5. The van der Waals surface area contributed by atoms with E-state index in [4.69, 9.17) is 0 Å². The van der Waals surface area contributed by atoms with Crippen LogP contribution in [-0.4, -0.2) is 27.2 Å². The molecule has 22 heavy (non-hydrogen) atoms. The Hall–Kier alpha value is -1.20. The molecule has 2 N–H and O–H groups in total. The van der Waals surface area contributed by atoms with Crippen molar-refractivity contribution in [3.05, 3.63) is 16.8 Å². The predicted molar refractivity (Wildman–Crippen MR) is 92.6 cm³/mol. The second kappa shape index (κ2) is 6.13. The molecular formula is C17H25N3OS. The van der Waals surface area contributed by atoms with Crippen molar-refractivity contribution in [2.45, 2.75) is 58.5 Å². The van der Waals surface area contributed by atoms with Crippen LogP contribution < -0.4 is 5.32 Å². The van der Waals surface area contributed by atoms with Crippen molar-refractivity contribution in [3.63, 3.8) is 0 Å². The number of aromatic nitrogens is 2. The van der Waals surface area contributed by atoms with Crippen molar-refractivity contribution in [2.75, 3.05) is 11.9 Å². The van der Waals surface area contributed by atoms with Crippen molar-refractivity contribution < 1.29 is 5.11 Å². The van der Waals surface area contributed by atoms with E-state index in [1.807, 2.05) is 6.92 Å². The highest BCUT2D eigenvalue weighted by atomic mass is 32.1. The number of fused-ring (bicyclic) bond motifs is 3. The molecule has 0 aromatic carbocycles. The molecule has 1 aliphatic rings. The van der Waals surface area contributed by atoms with Crippen LogP contribution in [0.5, 0.6) is 0 Å². The number of aliphatic hydroxyl groups is 1. The quantitative estimate of drug-likeness (QED) is 0.851. The molecule has 0 fully saturated rings. The van der Waals surface area contributed by atoms with Gasteiger partial charge in [0.1, 0.15) is 17.0 Å². The zero-order valence-corrected chi connectivity index (χ0v) is 14.5. The molecule has 4 nitrogen and oxygen atoms in total. The van der Waals surface area contributed by atoms with Gasteiger partial charge in [-0.25, -0.2) is 9.97 Å². The van der Waals surface area contributed by atoms with Crippen molar-refractivity contribution in [1.82, 2.24) is 9.97 Å². The summed E-state index contributed by atoms with van der Waals surface area (Å²) in [5.74, 6) is 1.49. The smallest absolute Gasteiger partial charge is 0.138 e. The molecule has 3 rings (SSSR count). The van der Waals surface area contributed by atoms with Gasteiger partial charge in [0.05, 0.1) is 11.0 Å². The topological polar surface area (TPSA) is 58.0 Å². The Morgan fingerprint density at radius 1 is 1.36 bits per heavy atom. The Morgan fingerprint density at radius 2 is 2.18 bits per heavy atom. The van der Waals surface area contributed by atoms with E-state index in [1.54, 1.807) is 17.7 Å². The highest BCUT2D eigenvalue weighted by molar-refractivity contribution is 7.19. The Kier molecular flexibility index (Phi) is 4.37. The van der Waals surface area contributed by atoms with Crippen LogP contribution >= 0.6 is 11.3 Å². The summed E-state index contributed by atoms with van der Waals surface area (Å²) < 4.78 is 0. The lowest BCUT2D eigenvalue weighted by atomic mass is 9.95. The molecule has 2 aromatic rings. The van der Waals surface area contributed by atoms with Crippen LogP contribution in [0.25, 0.3) is 10.2 Å². The van der Waals surface area contributed by atoms with E-state index in [1.165, 1.54) is 28.7 Å². The summed E-state index contributed by atoms with van der Waals surface area (Å²) in [7, 11) is 0. The fourth-order valence-corrected chi connectivity index (χ4v) is 4.25. The highest BCUT2D eigenvalue weighted by Gasteiger charge is 2.24. The van der Waals surface area contributed by atoms with Gasteiger partial charge in [-0.05, 0) is 50.5 Å². The molecule has 0 aliphatic heterocycles. The van der Waals surface area contributed by atoms with Crippen molar-refractivity contribution >= 4 is 27.4 Å². The Balaban J connectivity index is 1.77. The molecule has 5 heteroatoms. The number of thiophene rings is 1. The van der Waals surface area contributed by atoms with E-state index >= 15 is 0 Å². The number of nitrogens with one attached hydrogen (secondary N) is 1. The van der Waals surface area contributed by atoms with Gasteiger partial charge in [-0.1, -0.05) is 13.8 Å². The number of nitrogens with zero attached hydrogens (tertiary/aromatic N) is 2. The van der Waals surface area contributed by atoms with Crippen molar-refractivity contribution in [2.24, 2.45) is 5.92 Å². The standard InChI is InChI=1S/C17H25N3OS/c1-11(2)7-8-17(3,21)9-18-15-14-12-5-4-6-13(12)22-16(14)20-10-19-15/h10-11,21H,4-9H2,1-3H3,(H,18,19,20). The molecule has 1 atom stereocenters. The number of hydrogen-bond donors (Lipinski definition) is 2. The summed E-state index contributed by atoms with van der Waals surface area (Å²) in [6, 6.07) is 0. The minimum absolute atomic E-state index is 0.524. The lowest BCUT2D eigenvalue weighted by molar-refractivity contribution is 0.0586. The zero-order chi connectivity index (χ0) is 15.7. The fraction of sp³-hybridized carbons (Fsp3) is 0.647. The van der Waals surface area contributed by atoms with E-state index in [2.05, 4.69) is 29.1 Å². The van der Waals surface area contributed by atoms with Crippen LogP contribution in [0.1, 0.15) is 50.5 Å². The molecule has 1 unspecified atom stereocenters. The zero-order valence-electron chi connectivity index (χ0n) is 13.6. The second-order valence-electron chi connectivity index (χ2n) is 7.04. The highest BCUT2D eigenvalue weighted by Crippen LogP contribution is 2.39. The molecule has 1 aliphatic carbocycles. The summed E-state index contributed by atoms with van der Waals surface area (Å²) in [5, 5.41) is 15.1. The number of aryl methyl sites for hydroxylation is 2. The van der Waals surface area contributed by atoms with Gasteiger partial charge < -0.3 is 10.4 Å². The molecule has 0 saturated heterocycles. The van der Waals surface area contributed by atoms with Crippen LogP contribution in [0.2, 0.25) is 0 Å². The van der Waals surface area contributed by atoms with Crippen molar-refractivity contribution in [3.8, 4) is 0 Å². The third-order valence-corrected chi connectivity index (χ3v) is 5.60. The largest absolute Gasteiger partial charge is 0.388 e. The molecule has 120 valence electrons. The molecule has 2 heterocycles. The van der Waals surface area contributed by atoms with Gasteiger partial charge in [0, 0.05) is 11.4 Å². The summed E-state index contributed by atoms with van der Waals surface area (Å²) in [5.41, 5.74) is 0.714. The molecule has 0 radical (unpaired) electrons. The minimum Gasteiger partial charge on any atom is -0.388 e. The average Bonchev–Trinajstić information content (AvgIpc) is 3.03. The second-order valence-corrected chi connectivity index (χ2v) is 8.13. The van der Waals surface area contributed by atoms with Crippen molar-refractivity contribution in [1.29, 1.82) is 0 Å². The van der Waals surface area contributed by atoms with Gasteiger partial charge in [-0.15, -0.1) is 11.3 Å². The normalized spacial score (nSPS) is 17.0. The number of hydrogen-bond acceptors (Lipinski definition) is 5. The third-order valence-electron chi connectivity index (χ3n) is 4.40. The summed E-state index contributed by atoms with van der Waals surface area (Å²) in [4.78, 5) is 11.4. The monoisotopic (exact) mass is 319 g/mol. The van der Waals surface area contributed by atoms with Gasteiger partial charge in [-0.2, -0.15) is 0 Å². The third kappa shape index (κ3) is 3.25. The van der Waals surface area contributed by atoms with E-state index in [0.717, 1.165) is 29.9 Å². The van der Waals surface area contributed by atoms with E-state index in [-0.39, 0.29) is 0 Å². The fourth-order valence-electron chi connectivity index (χ4n) is 3.02. The molecule has 0 spiro atoms. The van der Waals surface area contributed by atoms with Gasteiger partial charge in [0.15, 0.2) is 0 Å². The van der Waals surface area contributed by atoms with E-state index < -0.39 is 5.60 Å². The minimum atomic E-state index is -0.708. The lowest BCUT2D eigenvalue weighted by Gasteiger charge is -2.25. The molecule has 0 bridgehead atoms. The summed E-state index contributed by atoms with van der Waals surface area (Å²) in [6.45, 7) is 6.80. The first kappa shape index (κ1) is 15.7. The summed E-state index contributed by atoms with van der Waals surface area (Å²) in [6.07, 6.45) is 6.98. The van der Waals surface area contributed by atoms with Crippen LogP contribution in [0.4, 0.5) is 5.82 Å². The van der Waals surface area contributed by atoms with Gasteiger partial charge in [0.2, 0.25) is 0 Å². The van der Waals surface area contributed by atoms with Crippen LogP contribution in [0.3, 0.4) is 0 Å². The first-order chi connectivity index (χ1) is 10.5. The molecule has 0 saturated carbocycles. The number of anilines is 1. The maximum atomic E-state index is 10.5. The predicted octanol–water partition coefficient (Wildman–Crippen LogP) is 3.78. The first-order valence-electron chi connectivity index (χ1n) is 8.18. The first-order valence-corrected chi connectivity index (χ1v) is 8.99. The Labute approximate surface area is 136 Å². The molecule has 2 aromatic heterocycles. The Bertz CT molecular complexity index is 663. The van der Waals surface area contributed by atoms with Gasteiger partial charge in [-0.3, -0.25) is 0 Å². The van der Waals surface area contributed by atoms with Crippen LogP contribution in [0.15, 0.2) is 6.33 Å². The van der Waals surface area contributed by atoms with Gasteiger partial charge in [0.25, 0.3) is 0 Å². The van der Waals surface area contributed by atoms with Crippen LogP contribution in [-0.2, 0) is 12.8 Å². The lowest BCUT2D eigenvalue weighted by Crippen LogP contribution is -2.34. The maximum Gasteiger partial charge on any atom is 0.138 e. The average molecular weight is 319 g/mol. The number of rotatable bonds is 6. The molecular weight excluding hydrogens is 294 g/mol. The van der Waals surface area contributed by atoms with E-state index in [9.17, 15) is 5.11 Å². The Morgan fingerprint density at radius 3 is 2.95 bits per heavy atom. The summed E-state index contributed by atoms with van der Waals surface area (Å²) >= 11 is 1.79. The SMILES string of the molecule is CC(C)CCC(C)(O)CNc1ncnc2sc3c(c12)CCC3.